The van der Waals surface area contributed by atoms with Crippen LogP contribution in [-0.2, 0) is 0 Å². The molecule has 2 N–H and O–H groups in total. The molecule has 22 heavy (non-hydrogen) atoms. The Morgan fingerprint density at radius 1 is 1.00 bits per heavy atom. The third-order valence-electron chi connectivity index (χ3n) is 4.22. The second-order valence-electron chi connectivity index (χ2n) is 5.71. The van der Waals surface area contributed by atoms with Crippen LogP contribution in [0.25, 0.3) is 22.2 Å². The van der Waals surface area contributed by atoms with E-state index in [1.807, 2.05) is 36.5 Å². The topological polar surface area (TPSA) is 55.0 Å². The molecule has 0 radical (unpaired) electrons. The van der Waals surface area contributed by atoms with Gasteiger partial charge in [-0.25, -0.2) is 9.97 Å². The summed E-state index contributed by atoms with van der Waals surface area (Å²) in [6.45, 7) is 2.21. The molecule has 4 nitrogen and oxygen atoms in total. The van der Waals surface area contributed by atoms with Crippen molar-refractivity contribution in [3.05, 3.63) is 48.7 Å². The first kappa shape index (κ1) is 13.1. The van der Waals surface area contributed by atoms with Gasteiger partial charge in [-0.1, -0.05) is 18.2 Å². The summed E-state index contributed by atoms with van der Waals surface area (Å²) in [5.41, 5.74) is 9.70. The molecule has 0 spiro atoms. The maximum Gasteiger partial charge on any atom is 0.128 e. The fourth-order valence-corrected chi connectivity index (χ4v) is 3.02. The smallest absolute Gasteiger partial charge is 0.128 e. The molecule has 1 fully saturated rings. The van der Waals surface area contributed by atoms with Crippen molar-refractivity contribution >= 4 is 22.4 Å². The van der Waals surface area contributed by atoms with Gasteiger partial charge < -0.3 is 10.6 Å². The van der Waals surface area contributed by atoms with Crippen LogP contribution in [0.3, 0.4) is 0 Å². The molecule has 0 aliphatic carbocycles. The molecule has 4 rings (SSSR count). The maximum absolute atomic E-state index is 6.16. The molecule has 4 heteroatoms. The van der Waals surface area contributed by atoms with E-state index in [-0.39, 0.29) is 0 Å². The summed E-state index contributed by atoms with van der Waals surface area (Å²) < 4.78 is 0. The highest BCUT2D eigenvalue weighted by Crippen LogP contribution is 2.27. The lowest BCUT2D eigenvalue weighted by molar-refractivity contribution is 0.938. The SMILES string of the molecule is Nc1cc(-c2ccc(N3CCCC3)nc2)nc2ccccc12. The summed E-state index contributed by atoms with van der Waals surface area (Å²) in [6, 6.07) is 14.0. The predicted octanol–water partition coefficient (Wildman–Crippen LogP) is 3.48. The van der Waals surface area contributed by atoms with Crippen LogP contribution in [0.15, 0.2) is 48.7 Å². The summed E-state index contributed by atoms with van der Waals surface area (Å²) in [7, 11) is 0. The van der Waals surface area contributed by atoms with Crippen molar-refractivity contribution in [2.45, 2.75) is 12.8 Å². The number of anilines is 2. The van der Waals surface area contributed by atoms with Crippen LogP contribution < -0.4 is 10.6 Å². The number of hydrogen-bond donors (Lipinski definition) is 1. The van der Waals surface area contributed by atoms with E-state index in [9.17, 15) is 0 Å². The van der Waals surface area contributed by atoms with Crippen LogP contribution in [0.5, 0.6) is 0 Å². The molecule has 1 aliphatic heterocycles. The fraction of sp³-hybridized carbons (Fsp3) is 0.222. The van der Waals surface area contributed by atoms with Gasteiger partial charge in [-0.2, -0.15) is 0 Å². The Morgan fingerprint density at radius 3 is 2.59 bits per heavy atom. The molecular weight excluding hydrogens is 272 g/mol. The van der Waals surface area contributed by atoms with Gasteiger partial charge in [0.05, 0.1) is 11.2 Å². The number of benzene rings is 1. The number of fused-ring (bicyclic) bond motifs is 1. The van der Waals surface area contributed by atoms with Crippen molar-refractivity contribution in [1.29, 1.82) is 0 Å². The Balaban J connectivity index is 1.72. The second-order valence-corrected chi connectivity index (χ2v) is 5.71. The van der Waals surface area contributed by atoms with Crippen molar-refractivity contribution in [1.82, 2.24) is 9.97 Å². The number of hydrogen-bond acceptors (Lipinski definition) is 4. The maximum atomic E-state index is 6.16. The molecule has 0 saturated carbocycles. The standard InChI is InChI=1S/C18H18N4/c19-15-11-17(21-16-6-2-1-5-14(15)16)13-7-8-18(20-12-13)22-9-3-4-10-22/h1-2,5-8,11-12H,3-4,9-10H2,(H2,19,21). The van der Waals surface area contributed by atoms with Crippen LogP contribution in [0, 0.1) is 0 Å². The molecular formula is C18H18N4. The van der Waals surface area contributed by atoms with E-state index in [0.717, 1.165) is 46.8 Å². The Morgan fingerprint density at radius 2 is 1.82 bits per heavy atom. The fourth-order valence-electron chi connectivity index (χ4n) is 3.02. The van der Waals surface area contributed by atoms with Crippen LogP contribution in [0.4, 0.5) is 11.5 Å². The Labute approximate surface area is 129 Å². The van der Waals surface area contributed by atoms with Crippen LogP contribution in [-0.4, -0.2) is 23.1 Å². The lowest BCUT2D eigenvalue weighted by Crippen LogP contribution is -2.18. The monoisotopic (exact) mass is 290 g/mol. The second kappa shape index (κ2) is 5.30. The zero-order valence-corrected chi connectivity index (χ0v) is 12.4. The molecule has 0 amide bonds. The summed E-state index contributed by atoms with van der Waals surface area (Å²) in [5, 5.41) is 0.993. The van der Waals surface area contributed by atoms with Gasteiger partial charge in [-0.05, 0) is 37.1 Å². The lowest BCUT2D eigenvalue weighted by atomic mass is 10.1. The normalized spacial score (nSPS) is 14.6. The van der Waals surface area contributed by atoms with Gasteiger partial charge >= 0.3 is 0 Å². The summed E-state index contributed by atoms with van der Waals surface area (Å²) >= 11 is 0. The number of pyridine rings is 2. The number of nitrogens with zero attached hydrogens (tertiary/aromatic N) is 3. The minimum Gasteiger partial charge on any atom is -0.398 e. The van der Waals surface area contributed by atoms with Crippen molar-refractivity contribution in [3.8, 4) is 11.3 Å². The first-order valence-electron chi connectivity index (χ1n) is 7.68. The molecule has 1 aromatic carbocycles. The molecule has 0 unspecified atom stereocenters. The van der Waals surface area contributed by atoms with Crippen molar-refractivity contribution in [3.63, 3.8) is 0 Å². The van der Waals surface area contributed by atoms with Gasteiger partial charge in [0, 0.05) is 35.9 Å². The zero-order chi connectivity index (χ0) is 14.9. The van der Waals surface area contributed by atoms with E-state index in [1.165, 1.54) is 12.8 Å². The zero-order valence-electron chi connectivity index (χ0n) is 12.4. The largest absolute Gasteiger partial charge is 0.398 e. The van der Waals surface area contributed by atoms with E-state index in [4.69, 9.17) is 10.7 Å². The molecule has 0 bridgehead atoms. The minimum absolute atomic E-state index is 0.754. The van der Waals surface area contributed by atoms with Gasteiger partial charge in [0.2, 0.25) is 0 Å². The lowest BCUT2D eigenvalue weighted by Gasteiger charge is -2.16. The van der Waals surface area contributed by atoms with E-state index in [1.54, 1.807) is 0 Å². The average Bonchev–Trinajstić information content (AvgIpc) is 3.09. The first-order chi connectivity index (χ1) is 10.8. The molecule has 2 aromatic heterocycles. The molecule has 3 heterocycles. The highest BCUT2D eigenvalue weighted by atomic mass is 15.2. The highest BCUT2D eigenvalue weighted by molar-refractivity contribution is 5.92. The minimum atomic E-state index is 0.754. The number of aromatic nitrogens is 2. The summed E-state index contributed by atoms with van der Waals surface area (Å²) in [4.78, 5) is 11.6. The number of nitrogens with two attached hydrogens (primary N) is 1. The Kier molecular flexibility index (Phi) is 3.15. The average molecular weight is 290 g/mol. The number of rotatable bonds is 2. The molecule has 1 saturated heterocycles. The highest BCUT2D eigenvalue weighted by Gasteiger charge is 2.13. The third-order valence-corrected chi connectivity index (χ3v) is 4.22. The van der Waals surface area contributed by atoms with Crippen molar-refractivity contribution < 1.29 is 0 Å². The van der Waals surface area contributed by atoms with Gasteiger partial charge in [-0.15, -0.1) is 0 Å². The quantitative estimate of drug-likeness (QED) is 0.785. The van der Waals surface area contributed by atoms with Gasteiger partial charge in [0.15, 0.2) is 0 Å². The van der Waals surface area contributed by atoms with E-state index >= 15 is 0 Å². The van der Waals surface area contributed by atoms with Crippen LogP contribution in [0.1, 0.15) is 12.8 Å². The molecule has 0 atom stereocenters. The number of para-hydroxylation sites is 1. The van der Waals surface area contributed by atoms with Crippen molar-refractivity contribution in [2.75, 3.05) is 23.7 Å². The first-order valence-corrected chi connectivity index (χ1v) is 7.68. The predicted molar refractivity (Wildman–Crippen MR) is 90.8 cm³/mol. The van der Waals surface area contributed by atoms with Crippen LogP contribution >= 0.6 is 0 Å². The Hall–Kier alpha value is -2.62. The van der Waals surface area contributed by atoms with E-state index in [2.05, 4.69) is 22.0 Å². The molecule has 1 aliphatic rings. The van der Waals surface area contributed by atoms with Gasteiger partial charge in [0.25, 0.3) is 0 Å². The van der Waals surface area contributed by atoms with Gasteiger partial charge in [0.1, 0.15) is 5.82 Å². The van der Waals surface area contributed by atoms with Crippen molar-refractivity contribution in [2.24, 2.45) is 0 Å². The van der Waals surface area contributed by atoms with Crippen LogP contribution in [0.2, 0.25) is 0 Å². The summed E-state index contributed by atoms with van der Waals surface area (Å²) in [6.07, 6.45) is 4.41. The third kappa shape index (κ3) is 2.26. The van der Waals surface area contributed by atoms with Gasteiger partial charge in [-0.3, -0.25) is 0 Å². The molecule has 110 valence electrons. The van der Waals surface area contributed by atoms with E-state index in [0.29, 0.717) is 0 Å². The molecule has 3 aromatic rings. The van der Waals surface area contributed by atoms with E-state index < -0.39 is 0 Å². The number of nitrogen functional groups attached to an aromatic ring is 1. The Bertz CT molecular complexity index is 805. The summed E-state index contributed by atoms with van der Waals surface area (Å²) in [5.74, 6) is 1.05.